The van der Waals surface area contributed by atoms with Gasteiger partial charge < -0.3 is 10.1 Å². The van der Waals surface area contributed by atoms with Gasteiger partial charge in [-0.15, -0.1) is 5.10 Å². The fourth-order valence-electron chi connectivity index (χ4n) is 0.800. The molecule has 1 aromatic heterocycles. The molecule has 0 aromatic carbocycles. The van der Waals surface area contributed by atoms with Crippen molar-refractivity contribution in [3.8, 4) is 0 Å². The van der Waals surface area contributed by atoms with Crippen molar-refractivity contribution in [3.63, 3.8) is 0 Å². The maximum absolute atomic E-state index is 10.5. The molecule has 0 aliphatic carbocycles. The molecule has 0 radical (unpaired) electrons. The highest BCUT2D eigenvalue weighted by atomic mass is 35.7. The van der Waals surface area contributed by atoms with E-state index in [0.29, 0.717) is 5.69 Å². The quantitative estimate of drug-likeness (QED) is 0.466. The topological polar surface area (TPSA) is 106 Å². The zero-order valence-electron chi connectivity index (χ0n) is 6.81. The molecule has 1 rings (SSSR count). The van der Waals surface area contributed by atoms with Gasteiger partial charge in [-0.25, -0.2) is 8.42 Å². The predicted molar refractivity (Wildman–Crippen MR) is 48.6 cm³/mol. The van der Waals surface area contributed by atoms with Crippen LogP contribution < -0.4 is 0 Å². The van der Waals surface area contributed by atoms with Crippen molar-refractivity contribution in [2.45, 2.75) is 6.42 Å². The first-order valence-corrected chi connectivity index (χ1v) is 5.97. The fourth-order valence-corrected chi connectivity index (χ4v) is 1.48. The molecule has 1 heterocycles. The van der Waals surface area contributed by atoms with Crippen LogP contribution in [0.5, 0.6) is 0 Å². The van der Waals surface area contributed by atoms with Crippen LogP contribution in [0, 0.1) is 10.1 Å². The molecule has 0 amide bonds. The molecule has 78 valence electrons. The maximum Gasteiger partial charge on any atom is 0.342 e. The van der Waals surface area contributed by atoms with Gasteiger partial charge in [0, 0.05) is 17.1 Å². The average molecular weight is 240 g/mol. The van der Waals surface area contributed by atoms with Gasteiger partial charge in [-0.2, -0.15) is 0 Å². The number of halogens is 1. The van der Waals surface area contributed by atoms with Crippen molar-refractivity contribution in [2.75, 3.05) is 5.75 Å². The lowest BCUT2D eigenvalue weighted by Gasteiger charge is -1.90. The summed E-state index contributed by atoms with van der Waals surface area (Å²) < 4.78 is 21.1. The lowest BCUT2D eigenvalue weighted by Crippen LogP contribution is -2.01. The van der Waals surface area contributed by atoms with Crippen LogP contribution in [-0.2, 0) is 15.5 Å². The molecule has 1 N–H and O–H groups in total. The summed E-state index contributed by atoms with van der Waals surface area (Å²) in [6.07, 6.45) is 0.0518. The van der Waals surface area contributed by atoms with Gasteiger partial charge in [0.1, 0.15) is 0 Å². The molecule has 0 unspecified atom stereocenters. The Labute approximate surface area is 83.6 Å². The van der Waals surface area contributed by atoms with Crippen LogP contribution in [0.15, 0.2) is 6.07 Å². The summed E-state index contributed by atoms with van der Waals surface area (Å²) in [6.45, 7) is 0. The number of aromatic nitrogens is 2. The Morgan fingerprint density at radius 2 is 2.29 bits per heavy atom. The van der Waals surface area contributed by atoms with Gasteiger partial charge in [0.2, 0.25) is 9.05 Å². The average Bonchev–Trinajstić information content (AvgIpc) is 2.47. The molecular weight excluding hydrogens is 234 g/mol. The highest BCUT2D eigenvalue weighted by molar-refractivity contribution is 8.13. The van der Waals surface area contributed by atoms with Crippen molar-refractivity contribution < 1.29 is 13.3 Å². The molecular formula is C5H6ClN3O4S. The highest BCUT2D eigenvalue weighted by Crippen LogP contribution is 2.09. The maximum atomic E-state index is 10.5. The molecule has 0 aliphatic heterocycles. The van der Waals surface area contributed by atoms with Gasteiger partial charge in [-0.1, -0.05) is 5.10 Å². The normalized spacial score (nSPS) is 11.5. The fraction of sp³-hybridized carbons (Fsp3) is 0.400. The standard InChI is InChI=1S/C5H6ClN3O4S/c6-14(12,13)2-1-4-3-5(8-7-4)9(10)11/h3H,1-2H2,(H,7,8). The van der Waals surface area contributed by atoms with E-state index >= 15 is 0 Å². The van der Waals surface area contributed by atoms with E-state index in [1.165, 1.54) is 6.07 Å². The van der Waals surface area contributed by atoms with E-state index in [1.807, 2.05) is 0 Å². The number of hydrogen-bond acceptors (Lipinski definition) is 5. The van der Waals surface area contributed by atoms with Crippen molar-refractivity contribution in [3.05, 3.63) is 21.9 Å². The van der Waals surface area contributed by atoms with Crippen LogP contribution in [0.2, 0.25) is 0 Å². The lowest BCUT2D eigenvalue weighted by atomic mass is 10.3. The van der Waals surface area contributed by atoms with Crippen LogP contribution in [0.4, 0.5) is 5.82 Å². The zero-order valence-corrected chi connectivity index (χ0v) is 8.38. The first kappa shape index (κ1) is 10.9. The number of aromatic amines is 1. The van der Waals surface area contributed by atoms with Crippen LogP contribution >= 0.6 is 10.7 Å². The minimum Gasteiger partial charge on any atom is -0.358 e. The van der Waals surface area contributed by atoms with Crippen LogP contribution in [0.25, 0.3) is 0 Å². The van der Waals surface area contributed by atoms with Gasteiger partial charge in [0.05, 0.1) is 17.5 Å². The van der Waals surface area contributed by atoms with E-state index in [4.69, 9.17) is 10.7 Å². The monoisotopic (exact) mass is 239 g/mol. The lowest BCUT2D eigenvalue weighted by molar-refractivity contribution is -0.389. The molecule has 0 bridgehead atoms. The van der Waals surface area contributed by atoms with Gasteiger partial charge in [0.15, 0.2) is 0 Å². The molecule has 0 saturated heterocycles. The summed E-state index contributed by atoms with van der Waals surface area (Å²) >= 11 is 0. The summed E-state index contributed by atoms with van der Waals surface area (Å²) in [5.41, 5.74) is 0.293. The molecule has 7 nitrogen and oxygen atoms in total. The molecule has 0 spiro atoms. The molecule has 14 heavy (non-hydrogen) atoms. The first-order chi connectivity index (χ1) is 6.38. The van der Waals surface area contributed by atoms with Crippen LogP contribution in [0.3, 0.4) is 0 Å². The van der Waals surface area contributed by atoms with Crippen molar-refractivity contribution in [1.29, 1.82) is 0 Å². The van der Waals surface area contributed by atoms with E-state index in [9.17, 15) is 18.5 Å². The smallest absolute Gasteiger partial charge is 0.342 e. The second kappa shape index (κ2) is 3.93. The van der Waals surface area contributed by atoms with E-state index in [0.717, 1.165) is 0 Å². The summed E-state index contributed by atoms with van der Waals surface area (Å²) in [7, 11) is 1.37. The third-order valence-corrected chi connectivity index (χ3v) is 2.57. The van der Waals surface area contributed by atoms with Crippen molar-refractivity contribution in [1.82, 2.24) is 10.2 Å². The number of nitrogens with zero attached hydrogens (tertiary/aromatic N) is 2. The van der Waals surface area contributed by atoms with Gasteiger partial charge in [-0.3, -0.25) is 0 Å². The summed E-state index contributed by atoms with van der Waals surface area (Å²) in [4.78, 5) is 9.56. The van der Waals surface area contributed by atoms with Crippen molar-refractivity contribution >= 4 is 25.6 Å². The Bertz CT molecular complexity index is 440. The Kier molecular flexibility index (Phi) is 3.06. The largest absolute Gasteiger partial charge is 0.358 e. The number of aryl methyl sites for hydroxylation is 1. The molecule has 0 fully saturated rings. The van der Waals surface area contributed by atoms with E-state index in [-0.39, 0.29) is 18.0 Å². The third-order valence-electron chi connectivity index (χ3n) is 1.42. The summed E-state index contributed by atoms with van der Waals surface area (Å²) in [5, 5.41) is 15.9. The second-order valence-electron chi connectivity index (χ2n) is 2.49. The Morgan fingerprint density at radius 3 is 2.71 bits per heavy atom. The van der Waals surface area contributed by atoms with E-state index in [2.05, 4.69) is 10.2 Å². The number of rotatable bonds is 4. The summed E-state index contributed by atoms with van der Waals surface area (Å²) in [6, 6.07) is 1.17. The Balaban J connectivity index is 2.65. The minimum absolute atomic E-state index is 0.0518. The number of hydrogen-bond donors (Lipinski definition) is 1. The highest BCUT2D eigenvalue weighted by Gasteiger charge is 2.12. The van der Waals surface area contributed by atoms with Crippen LogP contribution in [0.1, 0.15) is 5.69 Å². The van der Waals surface area contributed by atoms with E-state index < -0.39 is 14.0 Å². The van der Waals surface area contributed by atoms with Crippen LogP contribution in [-0.4, -0.2) is 29.3 Å². The molecule has 9 heteroatoms. The minimum atomic E-state index is -3.58. The van der Waals surface area contributed by atoms with Gasteiger partial charge in [0.25, 0.3) is 0 Å². The molecule has 1 aromatic rings. The van der Waals surface area contributed by atoms with E-state index in [1.54, 1.807) is 0 Å². The zero-order chi connectivity index (χ0) is 10.8. The van der Waals surface area contributed by atoms with Gasteiger partial charge in [-0.05, 0) is 4.92 Å². The molecule has 0 saturated carbocycles. The van der Waals surface area contributed by atoms with Gasteiger partial charge >= 0.3 is 5.82 Å². The van der Waals surface area contributed by atoms with Crippen molar-refractivity contribution in [2.24, 2.45) is 0 Å². The Hall–Kier alpha value is -1.15. The SMILES string of the molecule is O=[N+]([O-])c1cc(CCS(=O)(=O)Cl)n[nH]1. The number of nitrogens with one attached hydrogen (secondary N) is 1. The second-order valence-corrected chi connectivity index (χ2v) is 5.39. The number of nitro groups is 1. The third kappa shape index (κ3) is 3.30. The predicted octanol–water partition coefficient (Wildman–Crippen LogP) is 0.429. The first-order valence-electron chi connectivity index (χ1n) is 3.49. The Morgan fingerprint density at radius 1 is 1.64 bits per heavy atom. The number of H-pyrrole nitrogens is 1. The molecule has 0 aliphatic rings. The summed E-state index contributed by atoms with van der Waals surface area (Å²) in [5.74, 6) is -0.566. The molecule has 0 atom stereocenters.